The van der Waals surface area contributed by atoms with Gasteiger partial charge in [-0.3, -0.25) is 4.79 Å². The van der Waals surface area contributed by atoms with Gasteiger partial charge in [0.15, 0.2) is 0 Å². The largest absolute Gasteiger partial charge is 0.473 e. The van der Waals surface area contributed by atoms with E-state index in [9.17, 15) is 4.79 Å². The minimum absolute atomic E-state index is 0.0865. The zero-order valence-electron chi connectivity index (χ0n) is 10.7. The van der Waals surface area contributed by atoms with Crippen LogP contribution in [-0.2, 0) is 9.53 Å². The lowest BCUT2D eigenvalue weighted by atomic mass is 9.95. The van der Waals surface area contributed by atoms with E-state index < -0.39 is 5.60 Å². The Morgan fingerprint density at radius 1 is 1.50 bits per heavy atom. The molecule has 2 unspecified atom stereocenters. The van der Waals surface area contributed by atoms with Gasteiger partial charge in [0.1, 0.15) is 5.75 Å². The normalized spacial score (nSPS) is 29.9. The second kappa shape index (κ2) is 3.99. The molecule has 96 valence electrons. The molecule has 0 aromatic heterocycles. The summed E-state index contributed by atoms with van der Waals surface area (Å²) >= 11 is 0. The SMILES string of the molecule is CCC1CC2(CO1)Oc1ccc(C)cc1NC2=O. The molecule has 1 spiro atoms. The number of carbonyl (C=O) groups is 1. The molecule has 4 nitrogen and oxygen atoms in total. The average molecular weight is 247 g/mol. The summed E-state index contributed by atoms with van der Waals surface area (Å²) < 4.78 is 11.6. The van der Waals surface area contributed by atoms with Crippen molar-refractivity contribution < 1.29 is 14.3 Å². The third kappa shape index (κ3) is 1.68. The molecule has 1 fully saturated rings. The van der Waals surface area contributed by atoms with Crippen LogP contribution in [0.5, 0.6) is 5.75 Å². The highest BCUT2D eigenvalue weighted by molar-refractivity contribution is 6.01. The second-order valence-corrected chi connectivity index (χ2v) is 5.10. The highest BCUT2D eigenvalue weighted by atomic mass is 16.6. The number of fused-ring (bicyclic) bond motifs is 1. The minimum atomic E-state index is -0.830. The predicted molar refractivity (Wildman–Crippen MR) is 67.8 cm³/mol. The van der Waals surface area contributed by atoms with Crippen molar-refractivity contribution in [2.75, 3.05) is 11.9 Å². The number of hydrogen-bond acceptors (Lipinski definition) is 3. The molecule has 0 aliphatic carbocycles. The van der Waals surface area contributed by atoms with E-state index in [1.54, 1.807) is 0 Å². The molecular formula is C14H17NO3. The summed E-state index contributed by atoms with van der Waals surface area (Å²) in [6, 6.07) is 5.81. The van der Waals surface area contributed by atoms with Gasteiger partial charge in [-0.1, -0.05) is 13.0 Å². The number of ether oxygens (including phenoxy) is 2. The quantitative estimate of drug-likeness (QED) is 0.828. The zero-order valence-corrected chi connectivity index (χ0v) is 10.7. The number of carbonyl (C=O) groups excluding carboxylic acids is 1. The molecule has 2 heterocycles. The Labute approximate surface area is 106 Å². The van der Waals surface area contributed by atoms with Crippen LogP contribution in [0.25, 0.3) is 0 Å². The summed E-state index contributed by atoms with van der Waals surface area (Å²) in [5.74, 6) is 0.650. The standard InChI is InChI=1S/C14H17NO3/c1-3-10-7-14(8-17-10)13(16)15-11-6-9(2)4-5-12(11)18-14/h4-6,10H,3,7-8H2,1-2H3,(H,15,16). The lowest BCUT2D eigenvalue weighted by Crippen LogP contribution is -2.51. The summed E-state index contributed by atoms with van der Waals surface area (Å²) in [5.41, 5.74) is 1.02. The fraction of sp³-hybridized carbons (Fsp3) is 0.500. The summed E-state index contributed by atoms with van der Waals surface area (Å²) in [6.07, 6.45) is 1.64. The molecule has 2 aliphatic rings. The molecule has 1 aromatic carbocycles. The van der Waals surface area contributed by atoms with E-state index in [1.807, 2.05) is 25.1 Å². The van der Waals surface area contributed by atoms with Crippen molar-refractivity contribution in [2.45, 2.75) is 38.4 Å². The number of aryl methyl sites for hydroxylation is 1. The first-order valence-corrected chi connectivity index (χ1v) is 6.36. The molecule has 0 saturated carbocycles. The third-order valence-electron chi connectivity index (χ3n) is 3.67. The summed E-state index contributed by atoms with van der Waals surface area (Å²) in [6.45, 7) is 4.38. The molecule has 0 radical (unpaired) electrons. The molecule has 1 saturated heterocycles. The van der Waals surface area contributed by atoms with E-state index in [1.165, 1.54) is 0 Å². The van der Waals surface area contributed by atoms with Crippen LogP contribution in [-0.4, -0.2) is 24.2 Å². The predicted octanol–water partition coefficient (Wildman–Crippen LogP) is 2.26. The number of benzene rings is 1. The maximum Gasteiger partial charge on any atom is 0.271 e. The monoisotopic (exact) mass is 247 g/mol. The number of amides is 1. The van der Waals surface area contributed by atoms with Gasteiger partial charge in [-0.15, -0.1) is 0 Å². The first kappa shape index (κ1) is 11.5. The molecule has 1 amide bonds. The van der Waals surface area contributed by atoms with Crippen LogP contribution in [0, 0.1) is 6.92 Å². The van der Waals surface area contributed by atoms with E-state index in [-0.39, 0.29) is 12.0 Å². The van der Waals surface area contributed by atoms with Crippen LogP contribution in [0.1, 0.15) is 25.3 Å². The summed E-state index contributed by atoms with van der Waals surface area (Å²) in [4.78, 5) is 12.2. The molecule has 2 atom stereocenters. The molecule has 4 heteroatoms. The lowest BCUT2D eigenvalue weighted by molar-refractivity contribution is -0.132. The molecular weight excluding hydrogens is 230 g/mol. The summed E-state index contributed by atoms with van der Waals surface area (Å²) in [5, 5.41) is 2.93. The molecule has 2 aliphatic heterocycles. The highest BCUT2D eigenvalue weighted by Crippen LogP contribution is 2.39. The van der Waals surface area contributed by atoms with Crippen molar-refractivity contribution in [3.8, 4) is 5.75 Å². The molecule has 18 heavy (non-hydrogen) atoms. The highest BCUT2D eigenvalue weighted by Gasteiger charge is 2.50. The van der Waals surface area contributed by atoms with Crippen LogP contribution in [0.4, 0.5) is 5.69 Å². The van der Waals surface area contributed by atoms with Crippen molar-refractivity contribution in [3.05, 3.63) is 23.8 Å². The number of hydrogen-bond donors (Lipinski definition) is 1. The number of nitrogens with one attached hydrogen (secondary N) is 1. The molecule has 1 N–H and O–H groups in total. The topological polar surface area (TPSA) is 47.6 Å². The average Bonchev–Trinajstić information content (AvgIpc) is 2.76. The van der Waals surface area contributed by atoms with Gasteiger partial charge in [0.2, 0.25) is 5.60 Å². The van der Waals surface area contributed by atoms with Gasteiger partial charge < -0.3 is 14.8 Å². The molecule has 0 bridgehead atoms. The Bertz CT molecular complexity index is 500. The third-order valence-corrected chi connectivity index (χ3v) is 3.67. The number of rotatable bonds is 1. The Balaban J connectivity index is 1.93. The van der Waals surface area contributed by atoms with Crippen LogP contribution >= 0.6 is 0 Å². The maximum atomic E-state index is 12.2. The van der Waals surface area contributed by atoms with E-state index in [0.717, 1.165) is 23.4 Å². The van der Waals surface area contributed by atoms with Crippen LogP contribution in [0.2, 0.25) is 0 Å². The van der Waals surface area contributed by atoms with Crippen molar-refractivity contribution in [2.24, 2.45) is 0 Å². The maximum absolute atomic E-state index is 12.2. The second-order valence-electron chi connectivity index (χ2n) is 5.10. The van der Waals surface area contributed by atoms with Gasteiger partial charge in [-0.05, 0) is 31.0 Å². The van der Waals surface area contributed by atoms with Gasteiger partial charge in [-0.25, -0.2) is 0 Å². The van der Waals surface area contributed by atoms with Gasteiger partial charge in [-0.2, -0.15) is 0 Å². The van der Waals surface area contributed by atoms with Gasteiger partial charge in [0.05, 0.1) is 18.4 Å². The van der Waals surface area contributed by atoms with Crippen molar-refractivity contribution in [3.63, 3.8) is 0 Å². The summed E-state index contributed by atoms with van der Waals surface area (Å²) in [7, 11) is 0. The molecule has 1 aromatic rings. The van der Waals surface area contributed by atoms with Crippen LogP contribution in [0.3, 0.4) is 0 Å². The van der Waals surface area contributed by atoms with Crippen LogP contribution in [0.15, 0.2) is 18.2 Å². The van der Waals surface area contributed by atoms with E-state index in [2.05, 4.69) is 12.2 Å². The van der Waals surface area contributed by atoms with E-state index in [0.29, 0.717) is 13.0 Å². The van der Waals surface area contributed by atoms with Crippen LogP contribution < -0.4 is 10.1 Å². The Hall–Kier alpha value is -1.55. The van der Waals surface area contributed by atoms with Gasteiger partial charge in [0, 0.05) is 6.42 Å². The van der Waals surface area contributed by atoms with Gasteiger partial charge in [0.25, 0.3) is 5.91 Å². The van der Waals surface area contributed by atoms with Gasteiger partial charge >= 0.3 is 0 Å². The van der Waals surface area contributed by atoms with E-state index >= 15 is 0 Å². The number of anilines is 1. The zero-order chi connectivity index (χ0) is 12.8. The molecule has 3 rings (SSSR count). The van der Waals surface area contributed by atoms with E-state index in [4.69, 9.17) is 9.47 Å². The first-order valence-electron chi connectivity index (χ1n) is 6.36. The van der Waals surface area contributed by atoms with Crippen molar-refractivity contribution in [1.29, 1.82) is 0 Å². The fourth-order valence-corrected chi connectivity index (χ4v) is 2.55. The first-order chi connectivity index (χ1) is 8.63. The fourth-order valence-electron chi connectivity index (χ4n) is 2.55. The smallest absolute Gasteiger partial charge is 0.271 e. The van der Waals surface area contributed by atoms with Crippen molar-refractivity contribution >= 4 is 11.6 Å². The Morgan fingerprint density at radius 2 is 2.33 bits per heavy atom. The Morgan fingerprint density at radius 3 is 3.06 bits per heavy atom. The Kier molecular flexibility index (Phi) is 2.55. The lowest BCUT2D eigenvalue weighted by Gasteiger charge is -2.33. The minimum Gasteiger partial charge on any atom is -0.473 e. The van der Waals surface area contributed by atoms with Crippen molar-refractivity contribution in [1.82, 2.24) is 0 Å².